The molecule has 0 aromatic carbocycles. The molecule has 0 aromatic heterocycles. The Bertz CT molecular complexity index is 199. The summed E-state index contributed by atoms with van der Waals surface area (Å²) in [5.41, 5.74) is -0.455. The SMILES string of the molecule is CC(C)(CCSCC(O)CO)NC(=O)O. The highest BCUT2D eigenvalue weighted by Crippen LogP contribution is 2.14. The van der Waals surface area contributed by atoms with Crippen molar-refractivity contribution >= 4 is 17.9 Å². The molecule has 0 saturated heterocycles. The number of carboxylic acid groups (broad SMARTS) is 1. The lowest BCUT2D eigenvalue weighted by Crippen LogP contribution is -2.43. The van der Waals surface area contributed by atoms with Crippen molar-refractivity contribution in [2.45, 2.75) is 31.9 Å². The predicted molar refractivity (Wildman–Crippen MR) is 60.3 cm³/mol. The Labute approximate surface area is 93.9 Å². The van der Waals surface area contributed by atoms with Gasteiger partial charge in [0.15, 0.2) is 0 Å². The summed E-state index contributed by atoms with van der Waals surface area (Å²) in [5.74, 6) is 1.21. The molecule has 1 atom stereocenters. The van der Waals surface area contributed by atoms with Gasteiger partial charge in [0.1, 0.15) is 0 Å². The van der Waals surface area contributed by atoms with E-state index < -0.39 is 17.7 Å². The molecule has 1 unspecified atom stereocenters. The Morgan fingerprint density at radius 1 is 1.53 bits per heavy atom. The minimum atomic E-state index is -1.03. The van der Waals surface area contributed by atoms with E-state index in [1.807, 2.05) is 13.8 Å². The molecule has 5 nitrogen and oxygen atoms in total. The first-order valence-corrected chi connectivity index (χ1v) is 5.90. The zero-order chi connectivity index (χ0) is 11.9. The van der Waals surface area contributed by atoms with Gasteiger partial charge in [-0.1, -0.05) is 0 Å². The summed E-state index contributed by atoms with van der Waals surface area (Å²) in [4.78, 5) is 10.4. The van der Waals surface area contributed by atoms with Crippen LogP contribution in [0.25, 0.3) is 0 Å². The molecule has 0 heterocycles. The zero-order valence-electron chi connectivity index (χ0n) is 9.06. The number of thioether (sulfide) groups is 1. The van der Waals surface area contributed by atoms with Crippen LogP contribution in [0.4, 0.5) is 4.79 Å². The summed E-state index contributed by atoms with van der Waals surface area (Å²) in [7, 11) is 0. The van der Waals surface area contributed by atoms with Crippen molar-refractivity contribution in [2.24, 2.45) is 0 Å². The molecule has 0 aliphatic rings. The van der Waals surface area contributed by atoms with Crippen molar-refractivity contribution in [3.8, 4) is 0 Å². The van der Waals surface area contributed by atoms with E-state index in [1.165, 1.54) is 11.8 Å². The molecule has 0 rings (SSSR count). The maximum Gasteiger partial charge on any atom is 0.405 e. The fourth-order valence-electron chi connectivity index (χ4n) is 0.951. The van der Waals surface area contributed by atoms with Crippen LogP contribution in [-0.2, 0) is 0 Å². The van der Waals surface area contributed by atoms with Crippen molar-refractivity contribution in [3.63, 3.8) is 0 Å². The van der Waals surface area contributed by atoms with E-state index in [2.05, 4.69) is 5.32 Å². The van der Waals surface area contributed by atoms with Crippen LogP contribution in [0.15, 0.2) is 0 Å². The quantitative estimate of drug-likeness (QED) is 0.484. The van der Waals surface area contributed by atoms with Gasteiger partial charge in [0.2, 0.25) is 0 Å². The van der Waals surface area contributed by atoms with Gasteiger partial charge in [-0.05, 0) is 26.0 Å². The number of hydrogen-bond acceptors (Lipinski definition) is 4. The molecule has 0 spiro atoms. The molecule has 90 valence electrons. The van der Waals surface area contributed by atoms with E-state index in [0.717, 1.165) is 5.75 Å². The van der Waals surface area contributed by atoms with Crippen molar-refractivity contribution < 1.29 is 20.1 Å². The fraction of sp³-hybridized carbons (Fsp3) is 0.889. The maximum absolute atomic E-state index is 10.4. The van der Waals surface area contributed by atoms with E-state index in [4.69, 9.17) is 15.3 Å². The highest BCUT2D eigenvalue weighted by molar-refractivity contribution is 7.99. The van der Waals surface area contributed by atoms with Crippen molar-refractivity contribution in [1.82, 2.24) is 5.32 Å². The van der Waals surface area contributed by atoms with Gasteiger partial charge in [0.25, 0.3) is 0 Å². The van der Waals surface area contributed by atoms with Crippen LogP contribution < -0.4 is 5.32 Å². The lowest BCUT2D eigenvalue weighted by Gasteiger charge is -2.24. The fourth-order valence-corrected chi connectivity index (χ4v) is 2.15. The molecule has 0 fully saturated rings. The lowest BCUT2D eigenvalue weighted by molar-refractivity contribution is 0.113. The Morgan fingerprint density at radius 2 is 2.13 bits per heavy atom. The minimum Gasteiger partial charge on any atom is -0.465 e. The van der Waals surface area contributed by atoms with E-state index in [1.54, 1.807) is 0 Å². The third-order valence-corrected chi connectivity index (χ3v) is 2.95. The Hall–Kier alpha value is -0.460. The number of aliphatic hydroxyl groups excluding tert-OH is 2. The standard InChI is InChI=1S/C9H19NO4S/c1-9(2,10-8(13)14)3-4-15-6-7(12)5-11/h7,10-12H,3-6H2,1-2H3,(H,13,14). The normalized spacial score (nSPS) is 13.6. The molecule has 4 N–H and O–H groups in total. The molecule has 15 heavy (non-hydrogen) atoms. The summed E-state index contributed by atoms with van der Waals surface area (Å²) in [5, 5.41) is 28.6. The van der Waals surface area contributed by atoms with E-state index in [9.17, 15) is 4.79 Å². The average molecular weight is 237 g/mol. The van der Waals surface area contributed by atoms with E-state index in [-0.39, 0.29) is 6.61 Å². The summed E-state index contributed by atoms with van der Waals surface area (Å²) in [6, 6.07) is 0. The predicted octanol–water partition coefficient (Wildman–Crippen LogP) is 0.509. The molecular formula is C9H19NO4S. The van der Waals surface area contributed by atoms with Gasteiger partial charge in [-0.3, -0.25) is 0 Å². The van der Waals surface area contributed by atoms with Crippen LogP contribution in [0, 0.1) is 0 Å². The third kappa shape index (κ3) is 8.53. The Kier molecular flexibility index (Phi) is 6.71. The summed E-state index contributed by atoms with van der Waals surface area (Å²) in [6.07, 6.45) is -1.03. The number of amides is 1. The van der Waals surface area contributed by atoms with Crippen LogP contribution in [0.2, 0.25) is 0 Å². The highest BCUT2D eigenvalue weighted by atomic mass is 32.2. The van der Waals surface area contributed by atoms with Crippen molar-refractivity contribution in [3.05, 3.63) is 0 Å². The largest absolute Gasteiger partial charge is 0.465 e. The maximum atomic E-state index is 10.4. The Morgan fingerprint density at radius 3 is 2.60 bits per heavy atom. The summed E-state index contributed by atoms with van der Waals surface area (Å²) >= 11 is 1.50. The zero-order valence-corrected chi connectivity index (χ0v) is 9.88. The van der Waals surface area contributed by atoms with Crippen LogP contribution in [0.3, 0.4) is 0 Å². The van der Waals surface area contributed by atoms with Gasteiger partial charge in [-0.25, -0.2) is 4.79 Å². The van der Waals surface area contributed by atoms with Crippen LogP contribution in [0.1, 0.15) is 20.3 Å². The van der Waals surface area contributed by atoms with Gasteiger partial charge in [-0.2, -0.15) is 11.8 Å². The third-order valence-electron chi connectivity index (χ3n) is 1.84. The highest BCUT2D eigenvalue weighted by Gasteiger charge is 2.19. The second-order valence-electron chi connectivity index (χ2n) is 3.98. The minimum absolute atomic E-state index is 0.232. The van der Waals surface area contributed by atoms with Gasteiger partial charge >= 0.3 is 6.09 Å². The number of carbonyl (C=O) groups is 1. The van der Waals surface area contributed by atoms with E-state index >= 15 is 0 Å². The second-order valence-corrected chi connectivity index (χ2v) is 5.13. The van der Waals surface area contributed by atoms with Crippen molar-refractivity contribution in [2.75, 3.05) is 18.1 Å². The molecule has 6 heteroatoms. The van der Waals surface area contributed by atoms with Gasteiger partial charge in [0.05, 0.1) is 12.7 Å². The first kappa shape index (κ1) is 14.5. The molecule has 0 aliphatic carbocycles. The summed E-state index contributed by atoms with van der Waals surface area (Å²) < 4.78 is 0. The first-order chi connectivity index (χ1) is 6.87. The summed E-state index contributed by atoms with van der Waals surface area (Å²) in [6.45, 7) is 3.39. The monoisotopic (exact) mass is 237 g/mol. The smallest absolute Gasteiger partial charge is 0.405 e. The molecule has 0 aliphatic heterocycles. The first-order valence-electron chi connectivity index (χ1n) is 4.75. The van der Waals surface area contributed by atoms with Crippen LogP contribution in [0.5, 0.6) is 0 Å². The number of rotatable bonds is 7. The van der Waals surface area contributed by atoms with Gasteiger partial charge in [-0.15, -0.1) is 0 Å². The Balaban J connectivity index is 3.61. The lowest BCUT2D eigenvalue weighted by atomic mass is 10.0. The topological polar surface area (TPSA) is 89.8 Å². The molecule has 0 radical (unpaired) electrons. The number of nitrogens with one attached hydrogen (secondary N) is 1. The van der Waals surface area contributed by atoms with Crippen LogP contribution in [-0.4, -0.2) is 51.2 Å². The number of aliphatic hydroxyl groups is 2. The molecule has 0 aromatic rings. The van der Waals surface area contributed by atoms with Crippen LogP contribution >= 0.6 is 11.8 Å². The van der Waals surface area contributed by atoms with Gasteiger partial charge in [0, 0.05) is 11.3 Å². The molecule has 0 saturated carbocycles. The molecule has 0 bridgehead atoms. The average Bonchev–Trinajstić information content (AvgIpc) is 2.10. The van der Waals surface area contributed by atoms with Gasteiger partial charge < -0.3 is 20.6 Å². The molecule has 1 amide bonds. The van der Waals surface area contributed by atoms with Crippen molar-refractivity contribution in [1.29, 1.82) is 0 Å². The number of hydrogen-bond donors (Lipinski definition) is 4. The second kappa shape index (κ2) is 6.92. The molecular weight excluding hydrogens is 218 g/mol. The van der Waals surface area contributed by atoms with E-state index in [0.29, 0.717) is 12.2 Å².